The molecule has 2 N–H and O–H groups in total. The molecule has 3 rings (SSSR count). The first-order valence-electron chi connectivity index (χ1n) is 8.15. The molecule has 0 amide bonds. The summed E-state index contributed by atoms with van der Waals surface area (Å²) < 4.78 is 2.66. The highest BCUT2D eigenvalue weighted by atomic mass is 16.2. The zero-order chi connectivity index (χ0) is 18.0. The van der Waals surface area contributed by atoms with E-state index in [2.05, 4.69) is 6.07 Å². The summed E-state index contributed by atoms with van der Waals surface area (Å²) in [5, 5.41) is 0. The van der Waals surface area contributed by atoms with Crippen molar-refractivity contribution in [3.05, 3.63) is 97.7 Å². The summed E-state index contributed by atoms with van der Waals surface area (Å²) in [7, 11) is 0. The van der Waals surface area contributed by atoms with Gasteiger partial charge >= 0.3 is 5.69 Å². The van der Waals surface area contributed by atoms with E-state index < -0.39 is 5.69 Å². The molecule has 0 radical (unpaired) electrons. The molecular weight excluding hydrogens is 314 g/mol. The number of aromatic nitrogens is 2. The van der Waals surface area contributed by atoms with Gasteiger partial charge in [0.1, 0.15) is 5.82 Å². The van der Waals surface area contributed by atoms with Crippen LogP contribution in [-0.4, -0.2) is 9.13 Å². The Morgan fingerprint density at radius 3 is 2.04 bits per heavy atom. The maximum atomic E-state index is 12.8. The van der Waals surface area contributed by atoms with Crippen molar-refractivity contribution >= 4 is 5.82 Å². The molecule has 0 spiro atoms. The van der Waals surface area contributed by atoms with E-state index >= 15 is 0 Å². The predicted octanol–water partition coefficient (Wildman–Crippen LogP) is 2.31. The molecule has 0 unspecified atom stereocenters. The fourth-order valence-corrected chi connectivity index (χ4v) is 3.05. The van der Waals surface area contributed by atoms with Crippen molar-refractivity contribution in [2.75, 3.05) is 5.73 Å². The fourth-order valence-electron chi connectivity index (χ4n) is 3.05. The van der Waals surface area contributed by atoms with E-state index in [0.717, 1.165) is 22.3 Å². The number of nitrogens with zero attached hydrogens (tertiary/aromatic N) is 2. The van der Waals surface area contributed by atoms with Gasteiger partial charge in [-0.15, -0.1) is 0 Å². The normalized spacial score (nSPS) is 10.8. The van der Waals surface area contributed by atoms with Crippen LogP contribution < -0.4 is 17.0 Å². The average Bonchev–Trinajstić information content (AvgIpc) is 2.55. The van der Waals surface area contributed by atoms with Crippen LogP contribution >= 0.6 is 0 Å². The minimum atomic E-state index is -0.395. The van der Waals surface area contributed by atoms with Crippen molar-refractivity contribution in [1.29, 1.82) is 0 Å². The molecule has 5 heteroatoms. The molecule has 2 aromatic carbocycles. The van der Waals surface area contributed by atoms with E-state index in [4.69, 9.17) is 5.73 Å². The molecule has 25 heavy (non-hydrogen) atoms. The van der Waals surface area contributed by atoms with E-state index in [1.807, 2.05) is 56.3 Å². The van der Waals surface area contributed by atoms with Crippen molar-refractivity contribution in [3.63, 3.8) is 0 Å². The molecule has 3 aromatic rings. The van der Waals surface area contributed by atoms with Crippen LogP contribution in [0.3, 0.4) is 0 Å². The quantitative estimate of drug-likeness (QED) is 0.795. The number of aryl methyl sites for hydroxylation is 2. The second-order valence-electron chi connectivity index (χ2n) is 6.34. The van der Waals surface area contributed by atoms with Gasteiger partial charge in [-0.1, -0.05) is 59.7 Å². The zero-order valence-corrected chi connectivity index (χ0v) is 14.4. The van der Waals surface area contributed by atoms with Gasteiger partial charge in [0.15, 0.2) is 0 Å². The van der Waals surface area contributed by atoms with Crippen molar-refractivity contribution < 1.29 is 0 Å². The highest BCUT2D eigenvalue weighted by molar-refractivity contribution is 5.31. The number of hydrogen-bond acceptors (Lipinski definition) is 3. The Morgan fingerprint density at radius 1 is 0.800 bits per heavy atom. The van der Waals surface area contributed by atoms with Gasteiger partial charge < -0.3 is 5.73 Å². The monoisotopic (exact) mass is 335 g/mol. The number of anilines is 1. The molecule has 0 saturated carbocycles. The molecule has 0 bridgehead atoms. The van der Waals surface area contributed by atoms with Gasteiger partial charge in [0, 0.05) is 6.07 Å². The minimum absolute atomic E-state index is 0.176. The number of benzene rings is 2. The summed E-state index contributed by atoms with van der Waals surface area (Å²) in [6.07, 6.45) is 0. The number of nitrogens with two attached hydrogens (primary N) is 1. The number of rotatable bonds is 4. The molecule has 0 aliphatic heterocycles. The first-order chi connectivity index (χ1) is 11.9. The van der Waals surface area contributed by atoms with Crippen LogP contribution in [0.25, 0.3) is 0 Å². The van der Waals surface area contributed by atoms with Crippen LogP contribution in [0.4, 0.5) is 5.82 Å². The molecule has 1 aromatic heterocycles. The van der Waals surface area contributed by atoms with Gasteiger partial charge in [-0.05, 0) is 25.0 Å². The third-order valence-corrected chi connectivity index (χ3v) is 4.12. The summed E-state index contributed by atoms with van der Waals surface area (Å²) in [6, 6.07) is 16.9. The summed E-state index contributed by atoms with van der Waals surface area (Å²) in [5.74, 6) is 0.176. The summed E-state index contributed by atoms with van der Waals surface area (Å²) >= 11 is 0. The molecule has 0 saturated heterocycles. The van der Waals surface area contributed by atoms with E-state index in [-0.39, 0.29) is 17.9 Å². The first-order valence-corrected chi connectivity index (χ1v) is 8.15. The molecule has 0 aliphatic carbocycles. The standard InChI is InChI=1S/C20H21N3O2/c1-14-8-15(2)10-17(9-14)13-23-19(24)11-18(21)22(20(23)25)12-16-6-4-3-5-7-16/h3-11H,12-13,21H2,1-2H3. The second-order valence-corrected chi connectivity index (χ2v) is 6.34. The van der Waals surface area contributed by atoms with E-state index in [1.165, 1.54) is 15.2 Å². The Balaban J connectivity index is 2.04. The lowest BCUT2D eigenvalue weighted by Gasteiger charge is -2.13. The van der Waals surface area contributed by atoms with Gasteiger partial charge in [0.05, 0.1) is 13.1 Å². The molecular formula is C20H21N3O2. The van der Waals surface area contributed by atoms with Gasteiger partial charge in [0.25, 0.3) is 5.56 Å². The Labute approximate surface area is 146 Å². The predicted molar refractivity (Wildman–Crippen MR) is 99.9 cm³/mol. The van der Waals surface area contributed by atoms with Gasteiger partial charge in [-0.2, -0.15) is 0 Å². The van der Waals surface area contributed by atoms with Gasteiger partial charge in [0.2, 0.25) is 0 Å². The first kappa shape index (κ1) is 16.8. The van der Waals surface area contributed by atoms with E-state index in [9.17, 15) is 9.59 Å². The average molecular weight is 335 g/mol. The molecule has 1 heterocycles. The van der Waals surface area contributed by atoms with Crippen molar-refractivity contribution in [1.82, 2.24) is 9.13 Å². The SMILES string of the molecule is Cc1cc(C)cc(Cn2c(=O)cc(N)n(Cc3ccccc3)c2=O)c1. The molecule has 128 valence electrons. The molecule has 0 aliphatic rings. The summed E-state index contributed by atoms with van der Waals surface area (Å²) in [5.41, 5.74) is 9.23. The van der Waals surface area contributed by atoms with E-state index in [1.54, 1.807) is 0 Å². The highest BCUT2D eigenvalue weighted by Gasteiger charge is 2.11. The number of nitrogen functional groups attached to an aromatic ring is 1. The summed E-state index contributed by atoms with van der Waals surface area (Å²) in [6.45, 7) is 4.56. The molecule has 0 atom stereocenters. The second kappa shape index (κ2) is 6.81. The Morgan fingerprint density at radius 2 is 1.40 bits per heavy atom. The summed E-state index contributed by atoms with van der Waals surface area (Å²) in [4.78, 5) is 25.1. The lowest BCUT2D eigenvalue weighted by Crippen LogP contribution is -2.41. The van der Waals surface area contributed by atoms with E-state index in [0.29, 0.717) is 6.54 Å². The van der Waals surface area contributed by atoms with Crippen LogP contribution in [0.5, 0.6) is 0 Å². The van der Waals surface area contributed by atoms with Crippen LogP contribution in [0.15, 0.2) is 64.2 Å². The van der Waals surface area contributed by atoms with Gasteiger partial charge in [-0.3, -0.25) is 13.9 Å². The Kier molecular flexibility index (Phi) is 4.57. The maximum Gasteiger partial charge on any atom is 0.333 e. The van der Waals surface area contributed by atoms with Crippen LogP contribution in [0.1, 0.15) is 22.3 Å². The highest BCUT2D eigenvalue weighted by Crippen LogP contribution is 2.10. The van der Waals surface area contributed by atoms with Crippen molar-refractivity contribution in [2.24, 2.45) is 0 Å². The Hall–Kier alpha value is -3.08. The topological polar surface area (TPSA) is 70.0 Å². The molecule has 0 fully saturated rings. The van der Waals surface area contributed by atoms with Crippen LogP contribution in [0, 0.1) is 13.8 Å². The Bertz CT molecular complexity index is 997. The number of hydrogen-bond donors (Lipinski definition) is 1. The largest absolute Gasteiger partial charge is 0.385 e. The smallest absolute Gasteiger partial charge is 0.333 e. The third-order valence-electron chi connectivity index (χ3n) is 4.12. The maximum absolute atomic E-state index is 12.8. The van der Waals surface area contributed by atoms with Gasteiger partial charge in [-0.25, -0.2) is 4.79 Å². The molecule has 5 nitrogen and oxygen atoms in total. The lowest BCUT2D eigenvalue weighted by atomic mass is 10.1. The van der Waals surface area contributed by atoms with Crippen molar-refractivity contribution in [2.45, 2.75) is 26.9 Å². The van der Waals surface area contributed by atoms with Crippen molar-refractivity contribution in [3.8, 4) is 0 Å². The van der Waals surface area contributed by atoms with Crippen LogP contribution in [0.2, 0.25) is 0 Å². The van der Waals surface area contributed by atoms with Crippen LogP contribution in [-0.2, 0) is 13.1 Å². The fraction of sp³-hybridized carbons (Fsp3) is 0.200. The minimum Gasteiger partial charge on any atom is -0.385 e. The zero-order valence-electron chi connectivity index (χ0n) is 14.4. The third kappa shape index (κ3) is 3.71. The lowest BCUT2D eigenvalue weighted by molar-refractivity contribution is 0.619.